The van der Waals surface area contributed by atoms with Crippen molar-refractivity contribution in [3.63, 3.8) is 0 Å². The van der Waals surface area contributed by atoms with Crippen LogP contribution in [0.5, 0.6) is 0 Å². The summed E-state index contributed by atoms with van der Waals surface area (Å²) in [6.07, 6.45) is 4.43. The number of ether oxygens (including phenoxy) is 1. The maximum atomic E-state index is 5.81. The second-order valence-corrected chi connectivity index (χ2v) is 7.43. The molecule has 19 heavy (non-hydrogen) atoms. The third-order valence-corrected chi connectivity index (χ3v) is 4.42. The maximum Gasteiger partial charge on any atom is 0.203 e. The third kappa shape index (κ3) is 3.45. The second-order valence-electron chi connectivity index (χ2n) is 6.68. The number of methoxy groups -OCH3 is 1. The van der Waals surface area contributed by atoms with Gasteiger partial charge in [0.15, 0.2) is 5.82 Å². The zero-order valence-corrected chi connectivity index (χ0v) is 13.4. The molecule has 0 atom stereocenters. The third-order valence-electron chi connectivity index (χ3n) is 3.79. The molecule has 1 heterocycles. The predicted molar refractivity (Wildman–Crippen MR) is 79.6 cm³/mol. The first kappa shape index (κ1) is 14.7. The fourth-order valence-electron chi connectivity index (χ4n) is 2.53. The smallest absolute Gasteiger partial charge is 0.203 e. The van der Waals surface area contributed by atoms with E-state index in [0.29, 0.717) is 0 Å². The van der Waals surface area contributed by atoms with Crippen molar-refractivity contribution >= 4 is 16.7 Å². The van der Waals surface area contributed by atoms with Crippen molar-refractivity contribution in [1.82, 2.24) is 9.36 Å². The maximum absolute atomic E-state index is 5.81. The van der Waals surface area contributed by atoms with Crippen LogP contribution in [0.1, 0.15) is 59.2 Å². The van der Waals surface area contributed by atoms with Gasteiger partial charge in [0.05, 0.1) is 0 Å². The molecule has 1 N–H and O–H groups in total. The molecule has 4 nitrogen and oxygen atoms in total. The number of anilines is 1. The Morgan fingerprint density at radius 1 is 1.32 bits per heavy atom. The van der Waals surface area contributed by atoms with Crippen LogP contribution in [0.15, 0.2) is 0 Å². The molecule has 0 unspecified atom stereocenters. The monoisotopic (exact) mass is 283 g/mol. The summed E-state index contributed by atoms with van der Waals surface area (Å²) in [5.74, 6) is 1.65. The fraction of sp³-hybridized carbons (Fsp3) is 0.857. The molecule has 1 saturated carbocycles. The van der Waals surface area contributed by atoms with E-state index >= 15 is 0 Å². The number of rotatable bonds is 3. The van der Waals surface area contributed by atoms with Gasteiger partial charge in [0, 0.05) is 24.2 Å². The van der Waals surface area contributed by atoms with E-state index < -0.39 is 0 Å². The minimum atomic E-state index is -0.263. The van der Waals surface area contributed by atoms with Gasteiger partial charge in [0.1, 0.15) is 5.60 Å². The number of hydrogen-bond acceptors (Lipinski definition) is 5. The zero-order chi connectivity index (χ0) is 14.1. The normalized spacial score (nSPS) is 28.4. The summed E-state index contributed by atoms with van der Waals surface area (Å²) < 4.78 is 10.3. The van der Waals surface area contributed by atoms with Gasteiger partial charge in [-0.15, -0.1) is 0 Å². The number of aromatic nitrogens is 2. The molecule has 2 rings (SSSR count). The van der Waals surface area contributed by atoms with Gasteiger partial charge in [-0.1, -0.05) is 6.92 Å². The van der Waals surface area contributed by atoms with Crippen LogP contribution in [-0.4, -0.2) is 22.0 Å². The van der Waals surface area contributed by atoms with Crippen LogP contribution in [0.25, 0.3) is 0 Å². The van der Waals surface area contributed by atoms with Crippen molar-refractivity contribution < 1.29 is 4.74 Å². The van der Waals surface area contributed by atoms with Crippen molar-refractivity contribution in [2.24, 2.45) is 5.92 Å². The van der Waals surface area contributed by atoms with Crippen molar-refractivity contribution in [3.05, 3.63) is 5.82 Å². The Bertz CT molecular complexity index is 417. The standard InChI is InChI=1S/C14H25N3OS/c1-10-6-8-14(18-5,9-7-10)11-15-12(19-17-11)16-13(2,3)4/h10H,6-9H2,1-5H3,(H,15,16,17). The molecular formula is C14H25N3OS. The van der Waals surface area contributed by atoms with Gasteiger partial charge in [-0.2, -0.15) is 4.37 Å². The molecule has 0 saturated heterocycles. The lowest BCUT2D eigenvalue weighted by Gasteiger charge is -2.35. The molecule has 0 bridgehead atoms. The Morgan fingerprint density at radius 3 is 2.47 bits per heavy atom. The predicted octanol–water partition coefficient (Wildman–Crippen LogP) is 3.80. The Balaban J connectivity index is 2.16. The first-order valence-electron chi connectivity index (χ1n) is 7.02. The molecule has 1 aliphatic carbocycles. The van der Waals surface area contributed by atoms with E-state index in [1.807, 2.05) is 0 Å². The molecule has 1 aromatic rings. The van der Waals surface area contributed by atoms with Crippen LogP contribution in [0, 0.1) is 5.92 Å². The number of hydrogen-bond donors (Lipinski definition) is 1. The van der Waals surface area contributed by atoms with Gasteiger partial charge in [-0.3, -0.25) is 0 Å². The average molecular weight is 283 g/mol. The van der Waals surface area contributed by atoms with E-state index in [1.54, 1.807) is 7.11 Å². The van der Waals surface area contributed by atoms with Crippen LogP contribution in [0.3, 0.4) is 0 Å². The molecule has 1 aromatic heterocycles. The van der Waals surface area contributed by atoms with Crippen molar-refractivity contribution in [2.75, 3.05) is 12.4 Å². The van der Waals surface area contributed by atoms with Crippen LogP contribution in [-0.2, 0) is 10.3 Å². The first-order valence-corrected chi connectivity index (χ1v) is 7.79. The van der Waals surface area contributed by atoms with E-state index in [0.717, 1.165) is 29.7 Å². The van der Waals surface area contributed by atoms with E-state index in [9.17, 15) is 0 Å². The average Bonchev–Trinajstić information content (AvgIpc) is 2.77. The first-order chi connectivity index (χ1) is 8.85. The fourth-order valence-corrected chi connectivity index (χ4v) is 3.39. The van der Waals surface area contributed by atoms with Crippen molar-refractivity contribution in [1.29, 1.82) is 0 Å². The Hall–Kier alpha value is -0.680. The van der Waals surface area contributed by atoms with Crippen LogP contribution in [0.2, 0.25) is 0 Å². The van der Waals surface area contributed by atoms with Gasteiger partial charge >= 0.3 is 0 Å². The highest BCUT2D eigenvalue weighted by atomic mass is 32.1. The highest BCUT2D eigenvalue weighted by Gasteiger charge is 2.39. The Labute approximate surface area is 120 Å². The lowest BCUT2D eigenvalue weighted by Crippen LogP contribution is -2.34. The highest BCUT2D eigenvalue weighted by Crippen LogP contribution is 2.41. The zero-order valence-electron chi connectivity index (χ0n) is 12.6. The minimum Gasteiger partial charge on any atom is -0.370 e. The molecular weight excluding hydrogens is 258 g/mol. The van der Waals surface area contributed by atoms with E-state index in [-0.39, 0.29) is 11.1 Å². The molecule has 0 amide bonds. The Morgan fingerprint density at radius 2 is 1.95 bits per heavy atom. The Kier molecular flexibility index (Phi) is 4.16. The molecule has 0 aromatic carbocycles. The molecule has 1 fully saturated rings. The molecule has 1 aliphatic rings. The lowest BCUT2D eigenvalue weighted by atomic mass is 9.79. The largest absolute Gasteiger partial charge is 0.370 e. The molecule has 5 heteroatoms. The van der Waals surface area contributed by atoms with Crippen LogP contribution < -0.4 is 5.32 Å². The minimum absolute atomic E-state index is 0.0120. The summed E-state index contributed by atoms with van der Waals surface area (Å²) in [4.78, 5) is 4.66. The summed E-state index contributed by atoms with van der Waals surface area (Å²) in [6, 6.07) is 0. The molecule has 0 aliphatic heterocycles. The summed E-state index contributed by atoms with van der Waals surface area (Å²) in [6.45, 7) is 8.69. The van der Waals surface area contributed by atoms with E-state index in [2.05, 4.69) is 42.4 Å². The van der Waals surface area contributed by atoms with E-state index in [1.165, 1.54) is 24.4 Å². The summed E-state index contributed by atoms with van der Waals surface area (Å²) >= 11 is 1.43. The summed E-state index contributed by atoms with van der Waals surface area (Å²) in [5.41, 5.74) is -0.251. The molecule has 0 radical (unpaired) electrons. The van der Waals surface area contributed by atoms with Crippen molar-refractivity contribution in [3.8, 4) is 0 Å². The molecule has 108 valence electrons. The van der Waals surface area contributed by atoms with Crippen LogP contribution >= 0.6 is 11.5 Å². The van der Waals surface area contributed by atoms with Crippen molar-refractivity contribution in [2.45, 2.75) is 64.5 Å². The van der Waals surface area contributed by atoms with E-state index in [4.69, 9.17) is 4.74 Å². The number of nitrogens with one attached hydrogen (secondary N) is 1. The lowest BCUT2D eigenvalue weighted by molar-refractivity contribution is -0.0588. The van der Waals surface area contributed by atoms with Gasteiger partial charge in [-0.25, -0.2) is 4.98 Å². The quantitative estimate of drug-likeness (QED) is 0.916. The number of nitrogens with zero attached hydrogens (tertiary/aromatic N) is 2. The SMILES string of the molecule is COC1(c2nsc(NC(C)(C)C)n2)CCC(C)CC1. The molecule has 0 spiro atoms. The highest BCUT2D eigenvalue weighted by molar-refractivity contribution is 7.09. The second kappa shape index (κ2) is 5.37. The van der Waals surface area contributed by atoms with Gasteiger partial charge < -0.3 is 10.1 Å². The van der Waals surface area contributed by atoms with Gasteiger partial charge in [0.25, 0.3) is 0 Å². The topological polar surface area (TPSA) is 47.0 Å². The van der Waals surface area contributed by atoms with Crippen LogP contribution in [0.4, 0.5) is 5.13 Å². The summed E-state index contributed by atoms with van der Waals surface area (Å²) in [7, 11) is 1.79. The summed E-state index contributed by atoms with van der Waals surface area (Å²) in [5, 5.41) is 4.27. The van der Waals surface area contributed by atoms with Gasteiger partial charge in [0.2, 0.25) is 5.13 Å². The van der Waals surface area contributed by atoms with Gasteiger partial charge in [-0.05, 0) is 52.4 Å².